The van der Waals surface area contributed by atoms with Crippen LogP contribution in [0.3, 0.4) is 0 Å². The van der Waals surface area contributed by atoms with E-state index in [0.29, 0.717) is 12.3 Å². The molecule has 1 heterocycles. The third-order valence-corrected chi connectivity index (χ3v) is 4.36. The molecule has 1 aliphatic heterocycles. The molecule has 2 aliphatic rings. The Morgan fingerprint density at radius 1 is 1.30 bits per heavy atom. The lowest BCUT2D eigenvalue weighted by atomic mass is 10.00. The first-order valence-electron chi connectivity index (χ1n) is 7.24. The molecule has 1 aliphatic carbocycles. The zero-order chi connectivity index (χ0) is 14.9. The molecular formula is C14H23N3O3. The van der Waals surface area contributed by atoms with Crippen LogP contribution in [0.15, 0.2) is 0 Å². The van der Waals surface area contributed by atoms with E-state index in [9.17, 15) is 14.4 Å². The molecule has 0 aromatic rings. The Morgan fingerprint density at radius 2 is 1.95 bits per heavy atom. The maximum absolute atomic E-state index is 12.3. The van der Waals surface area contributed by atoms with Crippen molar-refractivity contribution in [2.24, 2.45) is 17.6 Å². The van der Waals surface area contributed by atoms with Crippen LogP contribution in [0.2, 0.25) is 0 Å². The van der Waals surface area contributed by atoms with Gasteiger partial charge in [0.1, 0.15) is 0 Å². The number of carbonyl (C=O) groups excluding carboxylic acids is 3. The van der Waals surface area contributed by atoms with Gasteiger partial charge in [-0.15, -0.1) is 0 Å². The Morgan fingerprint density at radius 3 is 2.40 bits per heavy atom. The molecule has 0 aromatic heterocycles. The van der Waals surface area contributed by atoms with Crippen molar-refractivity contribution in [1.82, 2.24) is 10.2 Å². The molecule has 6 nitrogen and oxygen atoms in total. The van der Waals surface area contributed by atoms with Crippen LogP contribution in [0.5, 0.6) is 0 Å². The lowest BCUT2D eigenvalue weighted by Gasteiger charge is -2.25. The molecule has 0 radical (unpaired) electrons. The Balaban J connectivity index is 2.00. The molecule has 20 heavy (non-hydrogen) atoms. The highest BCUT2D eigenvalue weighted by atomic mass is 16.2. The van der Waals surface area contributed by atoms with Crippen LogP contribution < -0.4 is 11.1 Å². The lowest BCUT2D eigenvalue weighted by molar-refractivity contribution is -0.139. The summed E-state index contributed by atoms with van der Waals surface area (Å²) in [7, 11) is 1.90. The number of nitrogens with two attached hydrogens (primary N) is 1. The van der Waals surface area contributed by atoms with Crippen molar-refractivity contribution in [1.29, 1.82) is 0 Å². The summed E-state index contributed by atoms with van der Waals surface area (Å²) >= 11 is 0. The largest absolute Gasteiger partial charge is 0.363 e. The van der Waals surface area contributed by atoms with Gasteiger partial charge in [0.25, 0.3) is 5.91 Å². The van der Waals surface area contributed by atoms with Gasteiger partial charge >= 0.3 is 0 Å². The van der Waals surface area contributed by atoms with Crippen LogP contribution in [0.25, 0.3) is 0 Å². The highest BCUT2D eigenvalue weighted by Gasteiger charge is 2.38. The molecule has 0 bridgehead atoms. The van der Waals surface area contributed by atoms with Crippen LogP contribution in [-0.2, 0) is 14.4 Å². The monoisotopic (exact) mass is 281 g/mol. The highest BCUT2D eigenvalue weighted by Crippen LogP contribution is 2.34. The van der Waals surface area contributed by atoms with Crippen molar-refractivity contribution in [2.75, 3.05) is 13.6 Å². The molecule has 3 N–H and O–H groups in total. The zero-order valence-electron chi connectivity index (χ0n) is 12.1. The predicted molar refractivity (Wildman–Crippen MR) is 73.7 cm³/mol. The number of primary amides is 1. The second-order valence-electron chi connectivity index (χ2n) is 6.16. The number of likely N-dealkylation sites (tertiary alicyclic amines) is 1. The molecule has 3 atom stereocenters. The van der Waals surface area contributed by atoms with Crippen molar-refractivity contribution < 1.29 is 14.4 Å². The molecule has 0 aromatic carbocycles. The minimum absolute atomic E-state index is 0.169. The van der Waals surface area contributed by atoms with Gasteiger partial charge in [-0.3, -0.25) is 19.3 Å². The summed E-state index contributed by atoms with van der Waals surface area (Å²) in [6.07, 6.45) is 3.60. The van der Waals surface area contributed by atoms with Gasteiger partial charge in [0.2, 0.25) is 11.7 Å². The number of hydrogen-bond donors (Lipinski definition) is 2. The minimum Gasteiger partial charge on any atom is -0.363 e. The highest BCUT2D eigenvalue weighted by molar-refractivity contribution is 6.37. The number of hydrogen-bond acceptors (Lipinski definition) is 4. The number of amides is 2. The Bertz CT molecular complexity index is 410. The maximum Gasteiger partial charge on any atom is 0.287 e. The number of rotatable bonds is 6. The SMILES string of the molecule is CC1CCN(C)C1C(=O)NC(CC1CC1)C(=O)C(N)=O. The molecule has 3 unspecified atom stereocenters. The molecule has 6 heteroatoms. The maximum atomic E-state index is 12.3. The van der Waals surface area contributed by atoms with Crippen molar-refractivity contribution in [2.45, 2.75) is 44.7 Å². The van der Waals surface area contributed by atoms with Crippen LogP contribution >= 0.6 is 0 Å². The first-order chi connectivity index (χ1) is 9.40. The number of nitrogens with zero attached hydrogens (tertiary/aromatic N) is 1. The molecule has 0 spiro atoms. The summed E-state index contributed by atoms with van der Waals surface area (Å²) in [6, 6.07) is -0.980. The molecule has 1 saturated heterocycles. The van der Waals surface area contributed by atoms with Gasteiger partial charge in [-0.1, -0.05) is 19.8 Å². The normalized spacial score (nSPS) is 28.1. The van der Waals surface area contributed by atoms with Gasteiger partial charge in [0.05, 0.1) is 12.1 Å². The smallest absolute Gasteiger partial charge is 0.287 e. The van der Waals surface area contributed by atoms with Gasteiger partial charge in [-0.25, -0.2) is 0 Å². The fourth-order valence-electron chi connectivity index (χ4n) is 2.94. The fourth-order valence-corrected chi connectivity index (χ4v) is 2.94. The van der Waals surface area contributed by atoms with E-state index in [1.54, 1.807) is 0 Å². The summed E-state index contributed by atoms with van der Waals surface area (Å²) in [5.74, 6) is -1.13. The summed E-state index contributed by atoms with van der Waals surface area (Å²) < 4.78 is 0. The average molecular weight is 281 g/mol. The predicted octanol–water partition coefficient (Wildman–Crippen LogP) is -0.334. The van der Waals surface area contributed by atoms with Gasteiger partial charge in [-0.05, 0) is 38.3 Å². The second-order valence-corrected chi connectivity index (χ2v) is 6.16. The number of likely N-dealkylation sites (N-methyl/N-ethyl adjacent to an activating group) is 1. The van der Waals surface area contributed by atoms with E-state index in [1.165, 1.54) is 0 Å². The van der Waals surface area contributed by atoms with E-state index in [-0.39, 0.29) is 17.9 Å². The van der Waals surface area contributed by atoms with Gasteiger partial charge in [0.15, 0.2) is 0 Å². The van der Waals surface area contributed by atoms with E-state index in [2.05, 4.69) is 5.32 Å². The van der Waals surface area contributed by atoms with Gasteiger partial charge < -0.3 is 11.1 Å². The lowest BCUT2D eigenvalue weighted by Crippen LogP contribution is -2.52. The van der Waals surface area contributed by atoms with Gasteiger partial charge in [0, 0.05) is 0 Å². The van der Waals surface area contributed by atoms with Crippen molar-refractivity contribution in [3.05, 3.63) is 0 Å². The van der Waals surface area contributed by atoms with Gasteiger partial charge in [-0.2, -0.15) is 0 Å². The van der Waals surface area contributed by atoms with E-state index >= 15 is 0 Å². The van der Waals surface area contributed by atoms with E-state index < -0.39 is 17.7 Å². The summed E-state index contributed by atoms with van der Waals surface area (Å²) in [6.45, 7) is 2.90. The summed E-state index contributed by atoms with van der Waals surface area (Å²) in [5, 5.41) is 2.74. The Labute approximate surface area is 119 Å². The van der Waals surface area contributed by atoms with E-state index in [0.717, 1.165) is 25.8 Å². The topological polar surface area (TPSA) is 92.5 Å². The third kappa shape index (κ3) is 3.36. The first-order valence-corrected chi connectivity index (χ1v) is 7.24. The quantitative estimate of drug-likeness (QED) is 0.652. The van der Waals surface area contributed by atoms with Crippen molar-refractivity contribution in [3.8, 4) is 0 Å². The molecule has 1 saturated carbocycles. The number of ketones is 1. The number of carbonyl (C=O) groups is 3. The molecule has 2 rings (SSSR count). The molecule has 112 valence electrons. The van der Waals surface area contributed by atoms with Crippen molar-refractivity contribution in [3.63, 3.8) is 0 Å². The Hall–Kier alpha value is -1.43. The third-order valence-electron chi connectivity index (χ3n) is 4.36. The number of nitrogens with one attached hydrogen (secondary N) is 1. The van der Waals surface area contributed by atoms with Crippen LogP contribution in [0.4, 0.5) is 0 Å². The minimum atomic E-state index is -0.969. The summed E-state index contributed by atoms with van der Waals surface area (Å²) in [4.78, 5) is 37.2. The number of Topliss-reactive ketones (excluding diaryl/α,β-unsaturated/α-hetero) is 1. The Kier molecular flexibility index (Phi) is 4.42. The second kappa shape index (κ2) is 5.91. The van der Waals surface area contributed by atoms with Crippen LogP contribution in [-0.4, -0.2) is 48.2 Å². The standard InChI is InChI=1S/C14H23N3O3/c1-8-5-6-17(2)11(8)14(20)16-10(7-9-3-4-9)12(18)13(15)19/h8-11H,3-7H2,1-2H3,(H2,15,19)(H,16,20). The van der Waals surface area contributed by atoms with E-state index in [4.69, 9.17) is 5.73 Å². The van der Waals surface area contributed by atoms with E-state index in [1.807, 2.05) is 18.9 Å². The fraction of sp³-hybridized carbons (Fsp3) is 0.786. The van der Waals surface area contributed by atoms with Crippen LogP contribution in [0.1, 0.15) is 32.6 Å². The average Bonchev–Trinajstić information content (AvgIpc) is 3.12. The van der Waals surface area contributed by atoms with Crippen LogP contribution in [0, 0.1) is 11.8 Å². The first kappa shape index (κ1) is 15.0. The summed E-state index contributed by atoms with van der Waals surface area (Å²) in [5.41, 5.74) is 5.07. The molecule has 2 amide bonds. The molecular weight excluding hydrogens is 258 g/mol. The zero-order valence-corrected chi connectivity index (χ0v) is 12.1. The molecule has 2 fully saturated rings. The van der Waals surface area contributed by atoms with Crippen molar-refractivity contribution >= 4 is 17.6 Å².